The van der Waals surface area contributed by atoms with Crippen LogP contribution in [0.15, 0.2) is 29.4 Å². The normalized spacial score (nSPS) is 20.3. The summed E-state index contributed by atoms with van der Waals surface area (Å²) in [7, 11) is 0. The second-order valence-corrected chi connectivity index (χ2v) is 5.26. The van der Waals surface area contributed by atoms with Crippen LogP contribution in [0.1, 0.15) is 12.8 Å². The lowest BCUT2D eigenvalue weighted by Gasteiger charge is -2.30. The molecule has 4 nitrogen and oxygen atoms in total. The van der Waals surface area contributed by atoms with Crippen molar-refractivity contribution in [3.05, 3.63) is 24.5 Å². The van der Waals surface area contributed by atoms with Gasteiger partial charge in [-0.25, -0.2) is 0 Å². The molecule has 0 spiro atoms. The van der Waals surface area contributed by atoms with Crippen molar-refractivity contribution in [3.8, 4) is 0 Å². The molecule has 0 aromatic carbocycles. The van der Waals surface area contributed by atoms with E-state index in [2.05, 4.69) is 4.98 Å². The molecule has 5 heteroatoms. The van der Waals surface area contributed by atoms with Gasteiger partial charge in [0.2, 0.25) is 5.91 Å². The number of hydrogen-bond acceptors (Lipinski definition) is 4. The molecule has 0 saturated carbocycles. The van der Waals surface area contributed by atoms with Crippen LogP contribution in [-0.4, -0.2) is 40.7 Å². The number of piperidine rings is 1. The minimum absolute atomic E-state index is 0.152. The predicted molar refractivity (Wildman–Crippen MR) is 68.8 cm³/mol. The number of hydrogen-bond donors (Lipinski definition) is 1. The number of amides is 1. The number of likely N-dealkylation sites (tertiary alicyclic amines) is 1. The van der Waals surface area contributed by atoms with Crippen LogP contribution in [0.5, 0.6) is 0 Å². The van der Waals surface area contributed by atoms with Gasteiger partial charge in [0.1, 0.15) is 0 Å². The summed E-state index contributed by atoms with van der Waals surface area (Å²) in [5.74, 6) is 0.665. The lowest BCUT2D eigenvalue weighted by Crippen LogP contribution is -2.46. The molecule has 2 N–H and O–H groups in total. The molecule has 1 aliphatic heterocycles. The standard InChI is InChI=1S/C12H17N3OS/c13-10-2-1-7-15(8-10)12(16)9-17-11-3-5-14-6-4-11/h3-6,10H,1-2,7-9,13H2. The van der Waals surface area contributed by atoms with Crippen molar-refractivity contribution < 1.29 is 4.79 Å². The van der Waals surface area contributed by atoms with Crippen LogP contribution in [0.25, 0.3) is 0 Å². The first-order chi connectivity index (χ1) is 8.25. The van der Waals surface area contributed by atoms with Gasteiger partial charge in [0, 0.05) is 36.4 Å². The number of carbonyl (C=O) groups is 1. The van der Waals surface area contributed by atoms with E-state index in [-0.39, 0.29) is 11.9 Å². The molecule has 1 saturated heterocycles. The van der Waals surface area contributed by atoms with Gasteiger partial charge in [-0.05, 0) is 25.0 Å². The zero-order valence-corrected chi connectivity index (χ0v) is 10.5. The number of carbonyl (C=O) groups excluding carboxylic acids is 1. The highest BCUT2D eigenvalue weighted by atomic mass is 32.2. The Morgan fingerprint density at radius 2 is 2.29 bits per heavy atom. The summed E-state index contributed by atoms with van der Waals surface area (Å²) in [6, 6.07) is 3.98. The third-order valence-corrected chi connectivity index (χ3v) is 3.82. The number of pyridine rings is 1. The van der Waals surface area contributed by atoms with Gasteiger partial charge >= 0.3 is 0 Å². The molecule has 0 aliphatic carbocycles. The Bertz CT molecular complexity index is 371. The van der Waals surface area contributed by atoms with E-state index in [0.29, 0.717) is 12.3 Å². The predicted octanol–water partition coefficient (Wildman–Crippen LogP) is 1.12. The van der Waals surface area contributed by atoms with Gasteiger partial charge in [-0.2, -0.15) is 0 Å². The molecule has 1 unspecified atom stereocenters. The SMILES string of the molecule is NC1CCCN(C(=O)CSc2ccncc2)C1. The molecule has 1 aromatic heterocycles. The van der Waals surface area contributed by atoms with Crippen LogP contribution in [0, 0.1) is 0 Å². The summed E-state index contributed by atoms with van der Waals surface area (Å²) in [5, 5.41) is 0. The second-order valence-electron chi connectivity index (χ2n) is 4.21. The number of aromatic nitrogens is 1. The van der Waals surface area contributed by atoms with Crippen molar-refractivity contribution in [3.63, 3.8) is 0 Å². The molecule has 0 bridgehead atoms. The molecule has 92 valence electrons. The van der Waals surface area contributed by atoms with Gasteiger partial charge in [0.15, 0.2) is 0 Å². The Kier molecular flexibility index (Phi) is 4.39. The lowest BCUT2D eigenvalue weighted by atomic mass is 10.1. The van der Waals surface area contributed by atoms with Gasteiger partial charge in [0.25, 0.3) is 0 Å². The molecule has 2 heterocycles. The fourth-order valence-corrected chi connectivity index (χ4v) is 2.69. The quantitative estimate of drug-likeness (QED) is 0.818. The zero-order chi connectivity index (χ0) is 12.1. The Hall–Kier alpha value is -1.07. The van der Waals surface area contributed by atoms with Gasteiger partial charge in [0.05, 0.1) is 5.75 Å². The van der Waals surface area contributed by atoms with E-state index in [0.717, 1.165) is 24.3 Å². The summed E-state index contributed by atoms with van der Waals surface area (Å²) in [6.45, 7) is 1.55. The summed E-state index contributed by atoms with van der Waals surface area (Å²) < 4.78 is 0. The first kappa shape index (κ1) is 12.4. The van der Waals surface area contributed by atoms with Crippen LogP contribution < -0.4 is 5.73 Å². The van der Waals surface area contributed by atoms with Crippen molar-refractivity contribution in [2.45, 2.75) is 23.8 Å². The van der Waals surface area contributed by atoms with Gasteiger partial charge < -0.3 is 10.6 Å². The minimum atomic E-state index is 0.152. The molecular weight excluding hydrogens is 234 g/mol. The molecular formula is C12H17N3OS. The van der Waals surface area contributed by atoms with E-state index in [9.17, 15) is 4.79 Å². The monoisotopic (exact) mass is 251 g/mol. The number of nitrogens with two attached hydrogens (primary N) is 1. The molecule has 1 atom stereocenters. The smallest absolute Gasteiger partial charge is 0.232 e. The molecule has 1 aromatic rings. The van der Waals surface area contributed by atoms with Crippen molar-refractivity contribution in [2.24, 2.45) is 5.73 Å². The topological polar surface area (TPSA) is 59.2 Å². The Labute approximate surface area is 106 Å². The second kappa shape index (κ2) is 6.02. The maximum absolute atomic E-state index is 12.0. The fraction of sp³-hybridized carbons (Fsp3) is 0.500. The Morgan fingerprint density at radius 3 is 3.00 bits per heavy atom. The van der Waals surface area contributed by atoms with Crippen molar-refractivity contribution in [1.82, 2.24) is 9.88 Å². The molecule has 1 aliphatic rings. The van der Waals surface area contributed by atoms with E-state index in [1.165, 1.54) is 0 Å². The largest absolute Gasteiger partial charge is 0.340 e. The zero-order valence-electron chi connectivity index (χ0n) is 9.71. The third-order valence-electron chi connectivity index (χ3n) is 2.82. The van der Waals surface area contributed by atoms with E-state index in [1.807, 2.05) is 17.0 Å². The van der Waals surface area contributed by atoms with Crippen molar-refractivity contribution in [2.75, 3.05) is 18.8 Å². The van der Waals surface area contributed by atoms with Crippen molar-refractivity contribution >= 4 is 17.7 Å². The highest BCUT2D eigenvalue weighted by molar-refractivity contribution is 8.00. The molecule has 0 radical (unpaired) electrons. The van der Waals surface area contributed by atoms with Crippen LogP contribution in [0.3, 0.4) is 0 Å². The average Bonchev–Trinajstić information content (AvgIpc) is 2.37. The Balaban J connectivity index is 1.81. The summed E-state index contributed by atoms with van der Waals surface area (Å²) in [6.07, 6.45) is 5.53. The van der Waals surface area contributed by atoms with Crippen LogP contribution >= 0.6 is 11.8 Å². The summed E-state index contributed by atoms with van der Waals surface area (Å²) >= 11 is 1.55. The van der Waals surface area contributed by atoms with E-state index in [4.69, 9.17) is 5.73 Å². The number of rotatable bonds is 3. The summed E-state index contributed by atoms with van der Waals surface area (Å²) in [4.78, 5) is 18.9. The first-order valence-corrected chi connectivity index (χ1v) is 6.80. The van der Waals surface area contributed by atoms with Gasteiger partial charge in [-0.3, -0.25) is 9.78 Å². The number of nitrogens with zero attached hydrogens (tertiary/aromatic N) is 2. The van der Waals surface area contributed by atoms with Gasteiger partial charge in [-0.15, -0.1) is 11.8 Å². The maximum atomic E-state index is 12.0. The van der Waals surface area contributed by atoms with Crippen molar-refractivity contribution in [1.29, 1.82) is 0 Å². The molecule has 17 heavy (non-hydrogen) atoms. The maximum Gasteiger partial charge on any atom is 0.232 e. The fourth-order valence-electron chi connectivity index (χ4n) is 1.91. The average molecular weight is 251 g/mol. The lowest BCUT2D eigenvalue weighted by molar-refractivity contribution is -0.129. The summed E-state index contributed by atoms with van der Waals surface area (Å²) in [5.41, 5.74) is 5.86. The number of thioether (sulfide) groups is 1. The first-order valence-electron chi connectivity index (χ1n) is 5.82. The van der Waals surface area contributed by atoms with E-state index >= 15 is 0 Å². The highest BCUT2D eigenvalue weighted by Crippen LogP contribution is 2.18. The third kappa shape index (κ3) is 3.71. The highest BCUT2D eigenvalue weighted by Gasteiger charge is 2.20. The van der Waals surface area contributed by atoms with Crippen LogP contribution in [-0.2, 0) is 4.79 Å². The van der Waals surface area contributed by atoms with E-state index in [1.54, 1.807) is 24.2 Å². The minimum Gasteiger partial charge on any atom is -0.340 e. The molecule has 2 rings (SSSR count). The molecule has 1 fully saturated rings. The Morgan fingerprint density at radius 1 is 1.53 bits per heavy atom. The molecule has 1 amide bonds. The van der Waals surface area contributed by atoms with Crippen LogP contribution in [0.4, 0.5) is 0 Å². The van der Waals surface area contributed by atoms with Gasteiger partial charge in [-0.1, -0.05) is 0 Å². The van der Waals surface area contributed by atoms with Crippen LogP contribution in [0.2, 0.25) is 0 Å². The van der Waals surface area contributed by atoms with E-state index < -0.39 is 0 Å².